The van der Waals surface area contributed by atoms with E-state index in [0.29, 0.717) is 11.9 Å². The van der Waals surface area contributed by atoms with Crippen molar-refractivity contribution in [1.29, 1.82) is 0 Å². The fourth-order valence-corrected chi connectivity index (χ4v) is 2.29. The molecule has 1 heterocycles. The summed E-state index contributed by atoms with van der Waals surface area (Å²) in [5, 5.41) is 10.8. The van der Waals surface area contributed by atoms with Crippen molar-refractivity contribution in [2.45, 2.75) is 20.4 Å². The van der Waals surface area contributed by atoms with Crippen LogP contribution in [0.5, 0.6) is 0 Å². The topological polar surface area (TPSA) is 77.0 Å². The molecule has 2 rings (SSSR count). The van der Waals surface area contributed by atoms with Crippen LogP contribution < -0.4 is 11.1 Å². The number of hydrogen-bond donors (Lipinski definition) is 2. The van der Waals surface area contributed by atoms with Gasteiger partial charge in [0.05, 0.1) is 6.54 Å². The summed E-state index contributed by atoms with van der Waals surface area (Å²) >= 11 is 3.45. The van der Waals surface area contributed by atoms with E-state index in [9.17, 15) is 0 Å². The molecule has 0 saturated heterocycles. The van der Waals surface area contributed by atoms with Gasteiger partial charge < -0.3 is 15.5 Å². The number of nitrogens with two attached hydrogens (primary N) is 1. The van der Waals surface area contributed by atoms with E-state index in [-0.39, 0.29) is 6.54 Å². The molecule has 0 aliphatic carbocycles. The lowest BCUT2D eigenvalue weighted by Crippen LogP contribution is -1.96. The number of halogens is 1. The minimum absolute atomic E-state index is 0.243. The fourth-order valence-electron chi connectivity index (χ4n) is 1.60. The van der Waals surface area contributed by atoms with E-state index < -0.39 is 0 Å². The molecule has 0 spiro atoms. The van der Waals surface area contributed by atoms with E-state index in [1.807, 2.05) is 26.0 Å². The van der Waals surface area contributed by atoms with Gasteiger partial charge in [-0.2, -0.15) is 0 Å². The predicted octanol–water partition coefficient (Wildman–Crippen LogP) is 2.65. The number of hydrogen-bond acceptors (Lipinski definition) is 5. The van der Waals surface area contributed by atoms with Gasteiger partial charge in [0.2, 0.25) is 5.89 Å². The molecule has 0 saturated carbocycles. The van der Waals surface area contributed by atoms with Gasteiger partial charge in [0, 0.05) is 10.2 Å². The first-order valence-corrected chi connectivity index (χ1v) is 5.95. The number of aromatic nitrogens is 2. The Bertz CT molecular complexity index is 515. The lowest BCUT2D eigenvalue weighted by molar-refractivity contribution is 0.511. The lowest BCUT2D eigenvalue weighted by atomic mass is 10.1. The van der Waals surface area contributed by atoms with Crippen LogP contribution in [0.4, 0.5) is 11.7 Å². The summed E-state index contributed by atoms with van der Waals surface area (Å²) in [6.45, 7) is 4.27. The summed E-state index contributed by atoms with van der Waals surface area (Å²) in [4.78, 5) is 0. The predicted molar refractivity (Wildman–Crippen MR) is 69.1 cm³/mol. The molecular formula is C11H13BrN4O. The highest BCUT2D eigenvalue weighted by molar-refractivity contribution is 9.10. The highest BCUT2D eigenvalue weighted by Gasteiger charge is 2.09. The first-order valence-electron chi connectivity index (χ1n) is 5.16. The number of aryl methyl sites for hydroxylation is 2. The Balaban J connectivity index is 2.29. The lowest BCUT2D eigenvalue weighted by Gasteiger charge is -2.10. The smallest absolute Gasteiger partial charge is 0.320 e. The normalized spacial score (nSPS) is 10.6. The molecule has 1 aromatic heterocycles. The molecule has 17 heavy (non-hydrogen) atoms. The van der Waals surface area contributed by atoms with Crippen molar-refractivity contribution in [3.05, 3.63) is 33.6 Å². The summed E-state index contributed by atoms with van der Waals surface area (Å²) in [6.07, 6.45) is 0. The van der Waals surface area contributed by atoms with E-state index in [0.717, 1.165) is 21.3 Å². The maximum atomic E-state index is 5.41. The second-order valence-electron chi connectivity index (χ2n) is 3.74. The SMILES string of the molecule is Cc1cc(Br)cc(C)c1Nc1nnc(CN)o1. The van der Waals surface area contributed by atoms with Crippen LogP contribution in [0.25, 0.3) is 0 Å². The highest BCUT2D eigenvalue weighted by Crippen LogP contribution is 2.27. The van der Waals surface area contributed by atoms with E-state index in [2.05, 4.69) is 31.4 Å². The Morgan fingerprint density at radius 3 is 2.47 bits per heavy atom. The Kier molecular flexibility index (Phi) is 3.44. The number of anilines is 2. The van der Waals surface area contributed by atoms with Crippen molar-refractivity contribution in [3.63, 3.8) is 0 Å². The molecule has 0 aliphatic heterocycles. The van der Waals surface area contributed by atoms with Gasteiger partial charge in [-0.05, 0) is 37.1 Å². The maximum Gasteiger partial charge on any atom is 0.320 e. The molecule has 0 unspecified atom stereocenters. The maximum absolute atomic E-state index is 5.41. The van der Waals surface area contributed by atoms with Crippen LogP contribution in [-0.4, -0.2) is 10.2 Å². The molecule has 0 radical (unpaired) electrons. The Morgan fingerprint density at radius 2 is 1.94 bits per heavy atom. The third kappa shape index (κ3) is 2.65. The van der Waals surface area contributed by atoms with Gasteiger partial charge in [-0.1, -0.05) is 21.0 Å². The third-order valence-electron chi connectivity index (χ3n) is 2.37. The highest BCUT2D eigenvalue weighted by atomic mass is 79.9. The van der Waals surface area contributed by atoms with Crippen LogP contribution in [0.15, 0.2) is 21.0 Å². The van der Waals surface area contributed by atoms with E-state index >= 15 is 0 Å². The van der Waals surface area contributed by atoms with Crippen molar-refractivity contribution in [2.75, 3.05) is 5.32 Å². The number of benzene rings is 1. The summed E-state index contributed by atoms with van der Waals surface area (Å²) in [6, 6.07) is 4.41. The molecular weight excluding hydrogens is 284 g/mol. The zero-order chi connectivity index (χ0) is 12.4. The van der Waals surface area contributed by atoms with E-state index in [1.165, 1.54) is 0 Å². The van der Waals surface area contributed by atoms with Crippen molar-refractivity contribution < 1.29 is 4.42 Å². The average molecular weight is 297 g/mol. The second-order valence-corrected chi connectivity index (χ2v) is 4.66. The van der Waals surface area contributed by atoms with Crippen molar-refractivity contribution >= 4 is 27.6 Å². The minimum atomic E-state index is 0.243. The number of nitrogens with zero attached hydrogens (tertiary/aromatic N) is 2. The fraction of sp³-hybridized carbons (Fsp3) is 0.273. The quantitative estimate of drug-likeness (QED) is 0.910. The van der Waals surface area contributed by atoms with Gasteiger partial charge in [-0.25, -0.2) is 0 Å². The molecule has 2 aromatic rings. The second kappa shape index (κ2) is 4.85. The molecule has 0 amide bonds. The summed E-state index contributed by atoms with van der Waals surface area (Å²) in [5.74, 6) is 0.417. The summed E-state index contributed by atoms with van der Waals surface area (Å²) in [7, 11) is 0. The molecule has 90 valence electrons. The van der Waals surface area contributed by atoms with Crippen molar-refractivity contribution in [2.24, 2.45) is 5.73 Å². The first kappa shape index (κ1) is 12.1. The Labute approximate surface area is 108 Å². The zero-order valence-corrected chi connectivity index (χ0v) is 11.2. The van der Waals surface area contributed by atoms with Crippen LogP contribution in [0.1, 0.15) is 17.0 Å². The molecule has 6 heteroatoms. The van der Waals surface area contributed by atoms with E-state index in [4.69, 9.17) is 10.2 Å². The minimum Gasteiger partial charge on any atom is -0.406 e. The monoisotopic (exact) mass is 296 g/mol. The Morgan fingerprint density at radius 1 is 1.29 bits per heavy atom. The molecule has 1 aromatic carbocycles. The molecule has 0 aliphatic rings. The van der Waals surface area contributed by atoms with Crippen LogP contribution >= 0.6 is 15.9 Å². The van der Waals surface area contributed by atoms with Gasteiger partial charge >= 0.3 is 6.01 Å². The third-order valence-corrected chi connectivity index (χ3v) is 2.83. The largest absolute Gasteiger partial charge is 0.406 e. The molecule has 0 bridgehead atoms. The van der Waals surface area contributed by atoms with Gasteiger partial charge in [0.25, 0.3) is 0 Å². The Hall–Kier alpha value is -1.40. The van der Waals surface area contributed by atoms with Crippen molar-refractivity contribution in [3.8, 4) is 0 Å². The first-order chi connectivity index (χ1) is 8.10. The zero-order valence-electron chi connectivity index (χ0n) is 9.62. The standard InChI is InChI=1S/C11H13BrN4O/c1-6-3-8(12)4-7(2)10(6)14-11-16-15-9(5-13)17-11/h3-4H,5,13H2,1-2H3,(H,14,16). The average Bonchev–Trinajstić information content (AvgIpc) is 2.71. The number of nitrogens with one attached hydrogen (secondary N) is 1. The van der Waals surface area contributed by atoms with Gasteiger partial charge in [-0.15, -0.1) is 5.10 Å². The van der Waals surface area contributed by atoms with Crippen LogP contribution in [0, 0.1) is 13.8 Å². The molecule has 0 fully saturated rings. The molecule has 0 atom stereocenters. The summed E-state index contributed by atoms with van der Waals surface area (Å²) in [5.41, 5.74) is 8.58. The van der Waals surface area contributed by atoms with Gasteiger partial charge in [-0.3, -0.25) is 0 Å². The van der Waals surface area contributed by atoms with E-state index in [1.54, 1.807) is 0 Å². The molecule has 5 nitrogen and oxygen atoms in total. The summed E-state index contributed by atoms with van der Waals surface area (Å²) < 4.78 is 6.35. The van der Waals surface area contributed by atoms with Gasteiger partial charge in [0.15, 0.2) is 0 Å². The van der Waals surface area contributed by atoms with Crippen molar-refractivity contribution in [1.82, 2.24) is 10.2 Å². The number of rotatable bonds is 3. The van der Waals surface area contributed by atoms with Crippen LogP contribution in [-0.2, 0) is 6.54 Å². The van der Waals surface area contributed by atoms with Gasteiger partial charge in [0.1, 0.15) is 0 Å². The van der Waals surface area contributed by atoms with Crippen LogP contribution in [0.2, 0.25) is 0 Å². The van der Waals surface area contributed by atoms with Crippen LogP contribution in [0.3, 0.4) is 0 Å². The molecule has 3 N–H and O–H groups in total.